The van der Waals surface area contributed by atoms with Crippen LogP contribution in [0.2, 0.25) is 0 Å². The van der Waals surface area contributed by atoms with Gasteiger partial charge in [0.05, 0.1) is 17.1 Å². The topological polar surface area (TPSA) is 99.8 Å². The molecule has 0 bridgehead atoms. The third-order valence-corrected chi connectivity index (χ3v) is 4.40. The maximum atomic E-state index is 12.9. The molecule has 0 aliphatic carbocycles. The average molecular weight is 367 g/mol. The largest absolute Gasteiger partial charge is 0.465 e. The van der Waals surface area contributed by atoms with Crippen LogP contribution in [0.15, 0.2) is 18.6 Å². The Morgan fingerprint density at radius 2 is 2.12 bits per heavy atom. The summed E-state index contributed by atoms with van der Waals surface area (Å²) in [6, 6.07) is 0.751. The molecule has 3 aromatic heterocycles. The summed E-state index contributed by atoms with van der Waals surface area (Å²) in [5.74, 6) is 0.400. The molecule has 0 unspecified atom stereocenters. The average Bonchev–Trinajstić information content (AvgIpc) is 3.01. The van der Waals surface area contributed by atoms with Gasteiger partial charge in [0, 0.05) is 26.3 Å². The van der Waals surface area contributed by atoms with Gasteiger partial charge >= 0.3 is 12.3 Å². The van der Waals surface area contributed by atoms with Gasteiger partial charge in [0.2, 0.25) is 5.65 Å². The van der Waals surface area contributed by atoms with Gasteiger partial charge in [-0.1, -0.05) is 0 Å². The van der Waals surface area contributed by atoms with E-state index in [9.17, 15) is 18.0 Å². The molecular formula is C14H12F3N7O2. The molecule has 1 amide bonds. The minimum Gasteiger partial charge on any atom is -0.465 e. The van der Waals surface area contributed by atoms with Crippen LogP contribution in [0.3, 0.4) is 0 Å². The molecule has 0 aromatic carbocycles. The number of pyridine rings is 1. The number of aromatic nitrogens is 5. The number of halogens is 3. The highest BCUT2D eigenvalue weighted by Crippen LogP contribution is 2.32. The number of amides is 1. The highest BCUT2D eigenvalue weighted by Gasteiger charge is 2.36. The lowest BCUT2D eigenvalue weighted by molar-refractivity contribution is -0.137. The first-order chi connectivity index (χ1) is 12.3. The van der Waals surface area contributed by atoms with Crippen molar-refractivity contribution in [2.45, 2.75) is 12.2 Å². The fraction of sp³-hybridized carbons (Fsp3) is 0.357. The van der Waals surface area contributed by atoms with Crippen LogP contribution in [0.4, 0.5) is 23.8 Å². The summed E-state index contributed by atoms with van der Waals surface area (Å²) in [5.41, 5.74) is -0.338. The molecule has 3 aromatic rings. The second kappa shape index (κ2) is 5.41. The molecule has 12 heteroatoms. The Labute approximate surface area is 143 Å². The van der Waals surface area contributed by atoms with Crippen molar-refractivity contribution in [3.8, 4) is 0 Å². The molecule has 0 atom stereocenters. The predicted octanol–water partition coefficient (Wildman–Crippen LogP) is 1.49. The Morgan fingerprint density at radius 1 is 1.38 bits per heavy atom. The van der Waals surface area contributed by atoms with E-state index in [0.29, 0.717) is 18.9 Å². The van der Waals surface area contributed by atoms with Gasteiger partial charge < -0.3 is 14.9 Å². The number of alkyl halides is 3. The molecule has 136 valence electrons. The van der Waals surface area contributed by atoms with Gasteiger partial charge in [-0.25, -0.2) is 14.8 Å². The van der Waals surface area contributed by atoms with Crippen LogP contribution >= 0.6 is 0 Å². The Bertz CT molecular complexity index is 1010. The van der Waals surface area contributed by atoms with Gasteiger partial charge in [0.15, 0.2) is 11.5 Å². The number of carboxylic acid groups (broad SMARTS) is 1. The molecule has 4 heterocycles. The molecule has 1 aliphatic rings. The second-order valence-electron chi connectivity index (χ2n) is 5.98. The first kappa shape index (κ1) is 16.3. The van der Waals surface area contributed by atoms with Crippen LogP contribution in [0, 0.1) is 0 Å². The minimum atomic E-state index is -4.52. The van der Waals surface area contributed by atoms with E-state index in [2.05, 4.69) is 20.2 Å². The predicted molar refractivity (Wildman–Crippen MR) is 82.9 cm³/mol. The van der Waals surface area contributed by atoms with Crippen molar-refractivity contribution in [3.63, 3.8) is 0 Å². The fourth-order valence-electron chi connectivity index (χ4n) is 2.82. The van der Waals surface area contributed by atoms with Crippen LogP contribution in [-0.2, 0) is 6.18 Å². The van der Waals surface area contributed by atoms with E-state index in [1.165, 1.54) is 22.7 Å². The zero-order chi connectivity index (χ0) is 18.6. The summed E-state index contributed by atoms with van der Waals surface area (Å²) in [4.78, 5) is 22.1. The molecule has 0 spiro atoms. The Hall–Kier alpha value is -3.18. The summed E-state index contributed by atoms with van der Waals surface area (Å²) < 4.78 is 40.2. The van der Waals surface area contributed by atoms with E-state index in [-0.39, 0.29) is 22.9 Å². The maximum Gasteiger partial charge on any atom is 0.417 e. The number of fused-ring (bicyclic) bond motifs is 3. The number of carbonyl (C=O) groups is 1. The van der Waals surface area contributed by atoms with Gasteiger partial charge in [0.25, 0.3) is 0 Å². The Kier molecular flexibility index (Phi) is 3.39. The molecule has 26 heavy (non-hydrogen) atoms. The van der Waals surface area contributed by atoms with Crippen molar-refractivity contribution in [1.29, 1.82) is 0 Å². The summed E-state index contributed by atoms with van der Waals surface area (Å²) in [5, 5.41) is 16.7. The zero-order valence-electron chi connectivity index (χ0n) is 13.3. The van der Waals surface area contributed by atoms with E-state index in [1.54, 1.807) is 4.90 Å². The number of anilines is 1. The number of rotatable bonds is 2. The zero-order valence-corrected chi connectivity index (χ0v) is 13.3. The van der Waals surface area contributed by atoms with Crippen molar-refractivity contribution in [2.24, 2.45) is 0 Å². The quantitative estimate of drug-likeness (QED) is 0.732. The van der Waals surface area contributed by atoms with Crippen molar-refractivity contribution in [3.05, 3.63) is 24.2 Å². The SMILES string of the molecule is CN(C(=O)O)C1CN(c2nc3ncc(C(F)(F)F)cc3n3cnnc23)C1. The normalized spacial score (nSPS) is 15.5. The van der Waals surface area contributed by atoms with Crippen LogP contribution in [-0.4, -0.2) is 66.8 Å². The fourth-order valence-corrected chi connectivity index (χ4v) is 2.82. The molecule has 1 fully saturated rings. The van der Waals surface area contributed by atoms with Crippen LogP contribution < -0.4 is 4.90 Å². The third-order valence-electron chi connectivity index (χ3n) is 4.40. The lowest BCUT2D eigenvalue weighted by Crippen LogP contribution is -2.60. The van der Waals surface area contributed by atoms with Crippen LogP contribution in [0.5, 0.6) is 0 Å². The van der Waals surface area contributed by atoms with E-state index < -0.39 is 17.8 Å². The van der Waals surface area contributed by atoms with E-state index in [0.717, 1.165) is 12.3 Å². The smallest absolute Gasteiger partial charge is 0.417 e. The number of hydrogen-bond acceptors (Lipinski definition) is 6. The van der Waals surface area contributed by atoms with Crippen molar-refractivity contribution in [1.82, 2.24) is 29.5 Å². The third kappa shape index (κ3) is 2.45. The van der Waals surface area contributed by atoms with Crippen molar-refractivity contribution in [2.75, 3.05) is 25.0 Å². The second-order valence-corrected chi connectivity index (χ2v) is 5.98. The van der Waals surface area contributed by atoms with Crippen LogP contribution in [0.25, 0.3) is 16.8 Å². The standard InChI is InChI=1S/C14H12F3N7O2/c1-22(13(25)26)8-4-23(5-8)11-12-21-19-6-24(12)9-2-7(14(15,16)17)3-18-10(9)20-11/h2-3,6,8H,4-5H2,1H3,(H,25,26). The number of hydrogen-bond donors (Lipinski definition) is 1. The summed E-state index contributed by atoms with van der Waals surface area (Å²) in [6.07, 6.45) is -3.53. The van der Waals surface area contributed by atoms with Gasteiger partial charge in [-0.05, 0) is 6.07 Å². The van der Waals surface area contributed by atoms with E-state index >= 15 is 0 Å². The summed E-state index contributed by atoms with van der Waals surface area (Å²) in [7, 11) is 1.48. The van der Waals surface area contributed by atoms with Gasteiger partial charge in [-0.2, -0.15) is 13.2 Å². The Balaban J connectivity index is 1.75. The lowest BCUT2D eigenvalue weighted by Gasteiger charge is -2.43. The first-order valence-corrected chi connectivity index (χ1v) is 7.53. The number of likely N-dealkylation sites (N-methyl/N-ethyl adjacent to an activating group) is 1. The molecule has 0 radical (unpaired) electrons. The Morgan fingerprint density at radius 3 is 2.77 bits per heavy atom. The van der Waals surface area contributed by atoms with E-state index in [4.69, 9.17) is 5.11 Å². The molecule has 4 rings (SSSR count). The number of nitrogens with zero attached hydrogens (tertiary/aromatic N) is 7. The molecule has 9 nitrogen and oxygen atoms in total. The molecule has 1 saturated heterocycles. The summed E-state index contributed by atoms with van der Waals surface area (Å²) in [6.45, 7) is 0.787. The monoisotopic (exact) mass is 367 g/mol. The molecular weight excluding hydrogens is 355 g/mol. The van der Waals surface area contributed by atoms with Gasteiger partial charge in [-0.15, -0.1) is 10.2 Å². The lowest BCUT2D eigenvalue weighted by atomic mass is 10.1. The highest BCUT2D eigenvalue weighted by molar-refractivity contribution is 5.81. The summed E-state index contributed by atoms with van der Waals surface area (Å²) >= 11 is 0. The van der Waals surface area contributed by atoms with Crippen LogP contribution in [0.1, 0.15) is 5.56 Å². The highest BCUT2D eigenvalue weighted by atomic mass is 19.4. The van der Waals surface area contributed by atoms with Gasteiger partial charge in [0.1, 0.15) is 6.33 Å². The molecule has 1 aliphatic heterocycles. The van der Waals surface area contributed by atoms with Gasteiger partial charge in [-0.3, -0.25) is 4.40 Å². The minimum absolute atomic E-state index is 0.121. The maximum absolute atomic E-state index is 12.9. The molecule has 0 saturated carbocycles. The first-order valence-electron chi connectivity index (χ1n) is 7.53. The van der Waals surface area contributed by atoms with Crippen molar-refractivity contribution < 1.29 is 23.1 Å². The van der Waals surface area contributed by atoms with E-state index in [1.807, 2.05) is 0 Å². The van der Waals surface area contributed by atoms with Crippen molar-refractivity contribution >= 4 is 28.7 Å². The molecule has 1 N–H and O–H groups in total.